The molecule has 0 unspecified atom stereocenters. The molecule has 7 nitrogen and oxygen atoms in total. The fourth-order valence-electron chi connectivity index (χ4n) is 3.56. The van der Waals surface area contributed by atoms with Gasteiger partial charge in [-0.25, -0.2) is 9.67 Å². The predicted molar refractivity (Wildman–Crippen MR) is 84.6 cm³/mol. The third-order valence-electron chi connectivity index (χ3n) is 4.97. The second-order valence-corrected chi connectivity index (χ2v) is 6.55. The standard InChI is InChI=1S/C17H18N4O3/c22-16(12-2-1-3-13(6-12)21-10-18-9-19-21)20-7-14(11-4-5-11)15(8-20)17(23)24/h1-3,6,9-11,14-15H,4-5,7-8H2,(H,23,24)/t14-,15+/m1/s1. The molecule has 2 aliphatic rings. The van der Waals surface area contributed by atoms with Gasteiger partial charge in [0.15, 0.2) is 0 Å². The zero-order valence-electron chi connectivity index (χ0n) is 13.1. The van der Waals surface area contributed by atoms with Gasteiger partial charge in [-0.15, -0.1) is 0 Å². The Balaban J connectivity index is 1.56. The highest BCUT2D eigenvalue weighted by molar-refractivity contribution is 5.95. The molecule has 2 fully saturated rings. The van der Waals surface area contributed by atoms with E-state index in [1.165, 1.54) is 6.33 Å². The lowest BCUT2D eigenvalue weighted by molar-refractivity contribution is -0.142. The summed E-state index contributed by atoms with van der Waals surface area (Å²) in [6, 6.07) is 7.16. The van der Waals surface area contributed by atoms with Crippen LogP contribution < -0.4 is 0 Å². The lowest BCUT2D eigenvalue weighted by atomic mass is 9.92. The number of nitrogens with zero attached hydrogens (tertiary/aromatic N) is 4. The highest BCUT2D eigenvalue weighted by Crippen LogP contribution is 2.44. The number of likely N-dealkylation sites (tertiary alicyclic amines) is 1. The van der Waals surface area contributed by atoms with Gasteiger partial charge in [0.2, 0.25) is 0 Å². The van der Waals surface area contributed by atoms with Gasteiger partial charge in [-0.3, -0.25) is 9.59 Å². The molecule has 124 valence electrons. The molecular weight excluding hydrogens is 308 g/mol. The Morgan fingerprint density at radius 3 is 2.71 bits per heavy atom. The van der Waals surface area contributed by atoms with Crippen molar-refractivity contribution >= 4 is 11.9 Å². The van der Waals surface area contributed by atoms with Crippen molar-refractivity contribution in [1.82, 2.24) is 19.7 Å². The first-order valence-corrected chi connectivity index (χ1v) is 8.10. The quantitative estimate of drug-likeness (QED) is 0.919. The minimum atomic E-state index is -0.793. The average Bonchev–Trinajstić information content (AvgIpc) is 3.12. The van der Waals surface area contributed by atoms with Gasteiger partial charge >= 0.3 is 5.97 Å². The lowest BCUT2D eigenvalue weighted by Gasteiger charge is -2.16. The van der Waals surface area contributed by atoms with Gasteiger partial charge in [0.25, 0.3) is 5.91 Å². The van der Waals surface area contributed by atoms with Crippen LogP contribution in [0.2, 0.25) is 0 Å². The van der Waals surface area contributed by atoms with Crippen LogP contribution in [0, 0.1) is 17.8 Å². The molecule has 0 bridgehead atoms. The molecule has 0 spiro atoms. The van der Waals surface area contributed by atoms with Crippen molar-refractivity contribution in [3.05, 3.63) is 42.5 Å². The van der Waals surface area contributed by atoms with Gasteiger partial charge in [0, 0.05) is 18.7 Å². The van der Waals surface area contributed by atoms with E-state index in [0.717, 1.165) is 18.5 Å². The monoisotopic (exact) mass is 326 g/mol. The van der Waals surface area contributed by atoms with Crippen molar-refractivity contribution in [1.29, 1.82) is 0 Å². The molecule has 1 aromatic carbocycles. The van der Waals surface area contributed by atoms with E-state index in [0.29, 0.717) is 24.6 Å². The maximum absolute atomic E-state index is 12.8. The van der Waals surface area contributed by atoms with E-state index in [2.05, 4.69) is 10.1 Å². The predicted octanol–water partition coefficient (Wildman–Crippen LogP) is 1.45. The number of carboxylic acids is 1. The number of carbonyl (C=O) groups is 2. The first kappa shape index (κ1) is 14.9. The van der Waals surface area contributed by atoms with Crippen LogP contribution >= 0.6 is 0 Å². The van der Waals surface area contributed by atoms with Crippen molar-refractivity contribution in [3.8, 4) is 5.69 Å². The molecule has 7 heteroatoms. The second-order valence-electron chi connectivity index (χ2n) is 6.55. The van der Waals surface area contributed by atoms with Gasteiger partial charge < -0.3 is 10.0 Å². The molecule has 1 aliphatic heterocycles. The van der Waals surface area contributed by atoms with Gasteiger partial charge in [-0.2, -0.15) is 5.10 Å². The van der Waals surface area contributed by atoms with Gasteiger partial charge in [0.05, 0.1) is 11.6 Å². The van der Waals surface area contributed by atoms with Crippen LogP contribution in [-0.2, 0) is 4.79 Å². The summed E-state index contributed by atoms with van der Waals surface area (Å²) in [5.41, 5.74) is 1.30. The Bertz CT molecular complexity index is 770. The molecule has 0 radical (unpaired) electrons. The number of aliphatic carboxylic acids is 1. The number of hydrogen-bond donors (Lipinski definition) is 1. The smallest absolute Gasteiger partial charge is 0.308 e. The highest BCUT2D eigenvalue weighted by atomic mass is 16.4. The largest absolute Gasteiger partial charge is 0.481 e. The number of carboxylic acid groups (broad SMARTS) is 1. The Hall–Kier alpha value is -2.70. The van der Waals surface area contributed by atoms with E-state index in [-0.39, 0.29) is 11.8 Å². The van der Waals surface area contributed by atoms with E-state index in [4.69, 9.17) is 0 Å². The molecule has 24 heavy (non-hydrogen) atoms. The average molecular weight is 326 g/mol. The zero-order chi connectivity index (χ0) is 16.7. The molecular formula is C17H18N4O3. The lowest BCUT2D eigenvalue weighted by Crippen LogP contribution is -2.30. The zero-order valence-corrected chi connectivity index (χ0v) is 13.1. The number of benzene rings is 1. The number of hydrogen-bond acceptors (Lipinski definition) is 4. The molecule has 1 N–H and O–H groups in total. The summed E-state index contributed by atoms with van der Waals surface area (Å²) in [5.74, 6) is -0.805. The van der Waals surface area contributed by atoms with E-state index in [9.17, 15) is 14.7 Å². The van der Waals surface area contributed by atoms with Crippen molar-refractivity contribution in [2.45, 2.75) is 12.8 Å². The minimum absolute atomic E-state index is 0.0879. The van der Waals surface area contributed by atoms with Gasteiger partial charge in [-0.1, -0.05) is 6.07 Å². The summed E-state index contributed by atoms with van der Waals surface area (Å²) in [6.45, 7) is 0.830. The van der Waals surface area contributed by atoms with Crippen molar-refractivity contribution in [2.75, 3.05) is 13.1 Å². The summed E-state index contributed by atoms with van der Waals surface area (Å²) in [4.78, 5) is 29.9. The van der Waals surface area contributed by atoms with Gasteiger partial charge in [-0.05, 0) is 42.9 Å². The summed E-state index contributed by atoms with van der Waals surface area (Å²) in [6.07, 6.45) is 5.17. The molecule has 2 heterocycles. The number of aromatic nitrogens is 3. The van der Waals surface area contributed by atoms with Crippen LogP contribution in [0.1, 0.15) is 23.2 Å². The van der Waals surface area contributed by atoms with E-state index in [1.807, 2.05) is 6.07 Å². The summed E-state index contributed by atoms with van der Waals surface area (Å²) in [7, 11) is 0. The molecule has 1 aliphatic carbocycles. The minimum Gasteiger partial charge on any atom is -0.481 e. The van der Waals surface area contributed by atoms with E-state index >= 15 is 0 Å². The molecule has 1 saturated carbocycles. The van der Waals surface area contributed by atoms with Crippen LogP contribution in [0.25, 0.3) is 5.69 Å². The SMILES string of the molecule is O=C(O)[C@H]1CN(C(=O)c2cccc(-n3cncn3)c2)C[C@@H]1C1CC1. The van der Waals surface area contributed by atoms with Crippen LogP contribution in [0.3, 0.4) is 0 Å². The fraction of sp³-hybridized carbons (Fsp3) is 0.412. The molecule has 2 atom stereocenters. The Labute approximate surface area is 138 Å². The number of amides is 1. The van der Waals surface area contributed by atoms with Crippen LogP contribution in [0.15, 0.2) is 36.9 Å². The summed E-state index contributed by atoms with van der Waals surface area (Å²) >= 11 is 0. The van der Waals surface area contributed by atoms with Crippen molar-refractivity contribution in [3.63, 3.8) is 0 Å². The third-order valence-corrected chi connectivity index (χ3v) is 4.97. The first-order chi connectivity index (χ1) is 11.6. The van der Waals surface area contributed by atoms with E-state index < -0.39 is 11.9 Å². The molecule has 4 rings (SSSR count). The normalized spacial score (nSPS) is 23.4. The van der Waals surface area contributed by atoms with Gasteiger partial charge in [0.1, 0.15) is 12.7 Å². The highest BCUT2D eigenvalue weighted by Gasteiger charge is 2.46. The van der Waals surface area contributed by atoms with Crippen LogP contribution in [0.5, 0.6) is 0 Å². The van der Waals surface area contributed by atoms with Crippen LogP contribution in [-0.4, -0.2) is 49.7 Å². The maximum atomic E-state index is 12.8. The Morgan fingerprint density at radius 1 is 1.21 bits per heavy atom. The summed E-state index contributed by atoms with van der Waals surface area (Å²) in [5, 5.41) is 13.5. The topological polar surface area (TPSA) is 88.3 Å². The maximum Gasteiger partial charge on any atom is 0.308 e. The molecule has 1 amide bonds. The van der Waals surface area contributed by atoms with Crippen molar-refractivity contribution in [2.24, 2.45) is 17.8 Å². The molecule has 1 saturated heterocycles. The second kappa shape index (κ2) is 5.74. The van der Waals surface area contributed by atoms with Crippen LogP contribution in [0.4, 0.5) is 0 Å². The summed E-state index contributed by atoms with van der Waals surface area (Å²) < 4.78 is 1.59. The van der Waals surface area contributed by atoms with E-state index in [1.54, 1.807) is 34.1 Å². The Morgan fingerprint density at radius 2 is 2.04 bits per heavy atom. The van der Waals surface area contributed by atoms with Crippen molar-refractivity contribution < 1.29 is 14.7 Å². The Kier molecular flexibility index (Phi) is 3.55. The fourth-order valence-corrected chi connectivity index (χ4v) is 3.56. The molecule has 2 aromatic rings. The third kappa shape index (κ3) is 2.66. The first-order valence-electron chi connectivity index (χ1n) is 8.10. The number of carbonyl (C=O) groups excluding carboxylic acids is 1. The molecule has 1 aromatic heterocycles. The number of rotatable bonds is 4.